The molecule has 8 heteroatoms. The van der Waals surface area contributed by atoms with Crippen LogP contribution in [-0.2, 0) is 16.8 Å². The van der Waals surface area contributed by atoms with Gasteiger partial charge >= 0.3 is 16.8 Å². The van der Waals surface area contributed by atoms with Crippen LogP contribution in [0.3, 0.4) is 0 Å². The number of carboxylic acids is 1. The fourth-order valence-electron chi connectivity index (χ4n) is 6.35. The van der Waals surface area contributed by atoms with Crippen LogP contribution in [0.5, 0.6) is 11.5 Å². The fraction of sp³-hybridized carbons (Fsp3) is 0.400. The molecule has 0 radical (unpaired) electrons. The zero-order valence-electron chi connectivity index (χ0n) is 30.4. The summed E-state index contributed by atoms with van der Waals surface area (Å²) in [6.45, 7) is 24.8. The van der Waals surface area contributed by atoms with Crippen LogP contribution in [0.15, 0.2) is 48.5 Å². The Balaban J connectivity index is 0.000000380. The van der Waals surface area contributed by atoms with Crippen LogP contribution in [0, 0.1) is 41.5 Å². The zero-order valence-corrected chi connectivity index (χ0v) is 31.5. The maximum absolute atomic E-state index is 11.1. The molecule has 1 heterocycles. The number of carbonyl (C=O) groups is 1. The third-order valence-corrected chi connectivity index (χ3v) is 8.51. The molecule has 0 aliphatic carbocycles. The maximum atomic E-state index is 11.1. The molecule has 0 bridgehead atoms. The van der Waals surface area contributed by atoms with Crippen molar-refractivity contribution in [2.24, 2.45) is 0 Å². The Hall–Kier alpha value is -4.01. The summed E-state index contributed by atoms with van der Waals surface area (Å²) in [5.41, 5.74) is 13.1. The number of anilines is 2. The Morgan fingerprint density at radius 3 is 1.42 bits per heavy atom. The Bertz CT molecular complexity index is 1620. The van der Waals surface area contributed by atoms with Gasteiger partial charge in [0.25, 0.3) is 0 Å². The topological polar surface area (TPSA) is 118 Å². The maximum Gasteiger partial charge on any atom is 1.00 e. The second kappa shape index (κ2) is 16.9. The third-order valence-electron chi connectivity index (χ3n) is 8.51. The number of rotatable bonds is 9. The number of carboxylic acid groups (broad SMARTS) is 1. The number of hydrogen-bond donors (Lipinski definition) is 4. The Morgan fingerprint density at radius 2 is 1.08 bits per heavy atom. The number of carbonyl (C=O) groups excluding carboxylic acids is 1. The van der Waals surface area contributed by atoms with E-state index in [0.29, 0.717) is 5.56 Å². The van der Waals surface area contributed by atoms with Crippen LogP contribution < -0.4 is 15.7 Å². The molecule has 0 aliphatic rings. The van der Waals surface area contributed by atoms with Crippen molar-refractivity contribution in [2.45, 2.75) is 107 Å². The minimum atomic E-state index is -1.47. The molecule has 0 fully saturated rings. The molecule has 2 atom stereocenters. The molecule has 7 nitrogen and oxygen atoms in total. The van der Waals surface area contributed by atoms with Gasteiger partial charge in [0.05, 0.1) is 29.4 Å². The quantitative estimate of drug-likeness (QED) is 0.129. The van der Waals surface area contributed by atoms with Crippen LogP contribution in [0.4, 0.5) is 11.4 Å². The number of aryl methyl sites for hydroxylation is 6. The van der Waals surface area contributed by atoms with E-state index in [1.165, 1.54) is 50.8 Å². The van der Waals surface area contributed by atoms with E-state index in [4.69, 9.17) is 4.98 Å². The predicted molar refractivity (Wildman–Crippen MR) is 192 cm³/mol. The Labute approximate surface area is 297 Å². The minimum absolute atomic E-state index is 0. The van der Waals surface area contributed by atoms with Gasteiger partial charge in [-0.25, -0.2) is 0 Å². The van der Waals surface area contributed by atoms with E-state index in [1.54, 1.807) is 0 Å². The molecule has 4 rings (SSSR count). The van der Waals surface area contributed by atoms with Crippen molar-refractivity contribution < 1.29 is 36.9 Å². The smallest absolute Gasteiger partial charge is 0.545 e. The van der Waals surface area contributed by atoms with Crippen LogP contribution in [0.25, 0.3) is 0 Å². The summed E-state index contributed by atoms with van der Waals surface area (Å²) in [6.07, 6.45) is 0. The molecule has 260 valence electrons. The number of aromatic carboxylic acids is 1. The largest absolute Gasteiger partial charge is 1.00 e. The normalized spacial score (nSPS) is 12.1. The number of phenols is 2. The fourth-order valence-corrected chi connectivity index (χ4v) is 6.35. The van der Waals surface area contributed by atoms with E-state index in [2.05, 4.69) is 108 Å². The first-order valence-corrected chi connectivity index (χ1v) is 16.4. The van der Waals surface area contributed by atoms with Crippen molar-refractivity contribution in [3.05, 3.63) is 110 Å². The standard InChI is InChI=1S/C27H35N3.C13H18O4.Co/c1-16-12-18(3)26(19(4)13-16)28-22(7)24-10-9-11-25(30-24)23(8)29-27-20(5)14-17(2)15-21(27)6;1-6(2)8-5-9(14)12(15)11(13(16)17)10(8)7(3)4;/h9-15,22-23,28-29H,1-8H3;5-7,14-15H,1-4H3,(H,16,17);/q;;+1/p-1. The summed E-state index contributed by atoms with van der Waals surface area (Å²) < 4.78 is 0. The van der Waals surface area contributed by atoms with E-state index in [0.717, 1.165) is 17.0 Å². The number of hydrogen-bond acceptors (Lipinski definition) is 7. The predicted octanol–water partition coefficient (Wildman–Crippen LogP) is 8.98. The van der Waals surface area contributed by atoms with Crippen molar-refractivity contribution in [1.29, 1.82) is 0 Å². The average Bonchev–Trinajstić information content (AvgIpc) is 2.97. The Morgan fingerprint density at radius 1 is 0.688 bits per heavy atom. The molecule has 3 aromatic carbocycles. The summed E-state index contributed by atoms with van der Waals surface area (Å²) in [4.78, 5) is 16.1. The second-order valence-electron chi connectivity index (χ2n) is 13.5. The molecular weight excluding hydrogens is 645 g/mol. The van der Waals surface area contributed by atoms with E-state index < -0.39 is 17.5 Å². The summed E-state index contributed by atoms with van der Waals surface area (Å²) in [5.74, 6) is -2.52. The van der Waals surface area contributed by atoms with Crippen molar-refractivity contribution in [3.63, 3.8) is 0 Å². The minimum Gasteiger partial charge on any atom is -0.545 e. The van der Waals surface area contributed by atoms with Gasteiger partial charge in [0.1, 0.15) is 0 Å². The summed E-state index contributed by atoms with van der Waals surface area (Å²) in [7, 11) is 0. The summed E-state index contributed by atoms with van der Waals surface area (Å²) in [5, 5.41) is 37.6. The van der Waals surface area contributed by atoms with Gasteiger partial charge < -0.3 is 30.7 Å². The van der Waals surface area contributed by atoms with E-state index in [-0.39, 0.29) is 46.3 Å². The number of nitrogens with zero attached hydrogens (tertiary/aromatic N) is 1. The van der Waals surface area contributed by atoms with Crippen molar-refractivity contribution >= 4 is 17.3 Å². The van der Waals surface area contributed by atoms with Crippen LogP contribution in [0.2, 0.25) is 0 Å². The third kappa shape index (κ3) is 9.54. The van der Waals surface area contributed by atoms with Crippen LogP contribution >= 0.6 is 0 Å². The van der Waals surface area contributed by atoms with E-state index in [9.17, 15) is 20.1 Å². The van der Waals surface area contributed by atoms with Gasteiger partial charge in [-0.05, 0) is 119 Å². The first-order chi connectivity index (χ1) is 21.9. The summed E-state index contributed by atoms with van der Waals surface area (Å²) in [6, 6.07) is 16.9. The Kier molecular flexibility index (Phi) is 14.1. The van der Waals surface area contributed by atoms with Gasteiger partial charge in [0.15, 0.2) is 11.5 Å². The summed E-state index contributed by atoms with van der Waals surface area (Å²) >= 11 is 0. The molecule has 0 saturated carbocycles. The molecule has 0 saturated heterocycles. The molecule has 0 aliphatic heterocycles. The molecule has 2 unspecified atom stereocenters. The van der Waals surface area contributed by atoms with E-state index in [1.807, 2.05) is 27.7 Å². The monoisotopic (exact) mass is 697 g/mol. The first-order valence-electron chi connectivity index (χ1n) is 16.4. The second-order valence-corrected chi connectivity index (χ2v) is 13.5. The molecule has 0 amide bonds. The number of pyridine rings is 1. The van der Waals surface area contributed by atoms with Gasteiger partial charge in [0, 0.05) is 16.9 Å². The molecule has 0 spiro atoms. The van der Waals surface area contributed by atoms with Crippen molar-refractivity contribution in [3.8, 4) is 11.5 Å². The van der Waals surface area contributed by atoms with Gasteiger partial charge in [-0.15, -0.1) is 0 Å². The first kappa shape index (κ1) is 40.2. The van der Waals surface area contributed by atoms with Crippen molar-refractivity contribution in [2.75, 3.05) is 10.6 Å². The molecule has 1 aromatic heterocycles. The zero-order chi connectivity index (χ0) is 35.3. The number of nitrogens with one attached hydrogen (secondary N) is 2. The van der Waals surface area contributed by atoms with Crippen LogP contribution in [-0.4, -0.2) is 21.2 Å². The molecule has 48 heavy (non-hydrogen) atoms. The average molecular weight is 698 g/mol. The number of benzene rings is 3. The molecule has 4 N–H and O–H groups in total. The van der Waals surface area contributed by atoms with Gasteiger partial charge in [-0.1, -0.05) is 69.2 Å². The number of phenolic OH excluding ortho intramolecular Hbond substituents is 1. The van der Waals surface area contributed by atoms with Crippen molar-refractivity contribution in [1.82, 2.24) is 4.98 Å². The van der Waals surface area contributed by atoms with E-state index >= 15 is 0 Å². The number of aromatic hydroxyl groups is 2. The number of aromatic nitrogens is 1. The van der Waals surface area contributed by atoms with Gasteiger partial charge in [0.2, 0.25) is 0 Å². The van der Waals surface area contributed by atoms with Gasteiger partial charge in [-0.3, -0.25) is 4.98 Å². The molecule has 4 aromatic rings. The SMILES string of the molecule is CC(C)c1cc(O)c(O)c(C(=O)[O-])c1C(C)C.Cc1cc(C)c(NC(C)c2cccc(C(C)Nc3c(C)cc(C)cc3C)n2)c(C)c1.[Co+]. The molecular formula is C40H52CoN3O4. The van der Waals surface area contributed by atoms with Crippen LogP contribution in [0.1, 0.15) is 132 Å². The van der Waals surface area contributed by atoms with Gasteiger partial charge in [-0.2, -0.15) is 0 Å².